The van der Waals surface area contributed by atoms with Crippen LogP contribution in [0.2, 0.25) is 0 Å². The molecule has 0 radical (unpaired) electrons. The summed E-state index contributed by atoms with van der Waals surface area (Å²) in [5.74, 6) is -0.218. The van der Waals surface area contributed by atoms with Crippen LogP contribution >= 0.6 is 0 Å². The molecule has 3 aromatic rings. The first kappa shape index (κ1) is 21.4. The Bertz CT molecular complexity index is 1030. The molecule has 1 heterocycles. The minimum Gasteiger partial charge on any atom is -0.483 e. The number of para-hydroxylation sites is 2. The minimum absolute atomic E-state index is 0.114. The van der Waals surface area contributed by atoms with Gasteiger partial charge in [0.15, 0.2) is 6.61 Å². The van der Waals surface area contributed by atoms with Gasteiger partial charge in [0.1, 0.15) is 11.8 Å². The highest BCUT2D eigenvalue weighted by atomic mass is 16.5. The van der Waals surface area contributed by atoms with Crippen molar-refractivity contribution in [1.29, 1.82) is 0 Å². The number of aromatic amines is 1. The lowest BCUT2D eigenvalue weighted by atomic mass is 9.86. The molecule has 6 nitrogen and oxygen atoms in total. The van der Waals surface area contributed by atoms with Crippen molar-refractivity contribution in [3.05, 3.63) is 65.9 Å². The maximum absolute atomic E-state index is 12.5. The third-order valence-corrected chi connectivity index (χ3v) is 4.97. The first-order valence-electron chi connectivity index (χ1n) is 9.94. The highest BCUT2D eigenvalue weighted by molar-refractivity contribution is 5.87. The first-order chi connectivity index (χ1) is 14.3. The van der Waals surface area contributed by atoms with Gasteiger partial charge in [0.05, 0.1) is 7.11 Å². The van der Waals surface area contributed by atoms with Gasteiger partial charge in [0, 0.05) is 23.5 Å². The van der Waals surface area contributed by atoms with Gasteiger partial charge >= 0.3 is 5.97 Å². The molecule has 0 unspecified atom stereocenters. The van der Waals surface area contributed by atoms with Gasteiger partial charge in [-0.1, -0.05) is 57.2 Å². The van der Waals surface area contributed by atoms with Crippen LogP contribution in [-0.4, -0.2) is 36.6 Å². The second-order valence-corrected chi connectivity index (χ2v) is 8.24. The summed E-state index contributed by atoms with van der Waals surface area (Å²) in [5.41, 5.74) is 2.81. The molecule has 0 fully saturated rings. The number of esters is 1. The van der Waals surface area contributed by atoms with Crippen LogP contribution in [0.4, 0.5) is 0 Å². The second kappa shape index (κ2) is 9.03. The van der Waals surface area contributed by atoms with E-state index in [1.165, 1.54) is 7.11 Å². The van der Waals surface area contributed by atoms with Gasteiger partial charge in [-0.2, -0.15) is 0 Å². The van der Waals surface area contributed by atoms with Crippen LogP contribution in [0.15, 0.2) is 54.7 Å². The van der Waals surface area contributed by atoms with Crippen molar-refractivity contribution in [3.8, 4) is 5.75 Å². The zero-order chi connectivity index (χ0) is 21.7. The number of fused-ring (bicyclic) bond motifs is 1. The quantitative estimate of drug-likeness (QED) is 0.584. The summed E-state index contributed by atoms with van der Waals surface area (Å²) in [4.78, 5) is 28.0. The maximum atomic E-state index is 12.5. The number of hydrogen-bond acceptors (Lipinski definition) is 4. The number of benzene rings is 2. The molecule has 2 aromatic carbocycles. The van der Waals surface area contributed by atoms with Crippen LogP contribution in [0, 0.1) is 0 Å². The molecule has 1 aromatic heterocycles. The molecular formula is C24H28N2O4. The van der Waals surface area contributed by atoms with E-state index in [0.717, 1.165) is 22.0 Å². The lowest BCUT2D eigenvalue weighted by Crippen LogP contribution is -2.45. The molecular weight excluding hydrogens is 380 g/mol. The van der Waals surface area contributed by atoms with E-state index in [0.29, 0.717) is 12.2 Å². The smallest absolute Gasteiger partial charge is 0.328 e. The highest BCUT2D eigenvalue weighted by Crippen LogP contribution is 2.30. The van der Waals surface area contributed by atoms with Gasteiger partial charge in [0.2, 0.25) is 0 Å². The number of carbonyl (C=O) groups excluding carboxylic acids is 2. The minimum atomic E-state index is -0.803. The van der Waals surface area contributed by atoms with Crippen molar-refractivity contribution in [2.75, 3.05) is 13.7 Å². The number of hydrogen-bond donors (Lipinski definition) is 2. The predicted molar refractivity (Wildman–Crippen MR) is 117 cm³/mol. The summed E-state index contributed by atoms with van der Waals surface area (Å²) in [5, 5.41) is 3.76. The molecule has 0 aliphatic carbocycles. The van der Waals surface area contributed by atoms with E-state index in [1.54, 1.807) is 0 Å². The average molecular weight is 408 g/mol. The zero-order valence-electron chi connectivity index (χ0n) is 17.8. The molecule has 0 saturated heterocycles. The second-order valence-electron chi connectivity index (χ2n) is 8.24. The van der Waals surface area contributed by atoms with Crippen LogP contribution in [0.25, 0.3) is 10.9 Å². The Balaban J connectivity index is 1.69. The molecule has 2 N–H and O–H groups in total. The number of methoxy groups -OCH3 is 1. The fourth-order valence-corrected chi connectivity index (χ4v) is 3.45. The summed E-state index contributed by atoms with van der Waals surface area (Å²) < 4.78 is 10.7. The summed E-state index contributed by atoms with van der Waals surface area (Å²) in [6.07, 6.45) is 2.17. The van der Waals surface area contributed by atoms with Gasteiger partial charge in [-0.15, -0.1) is 0 Å². The molecule has 3 rings (SSSR count). The SMILES string of the molecule is COC(=O)[C@@H](Cc1c[nH]c2ccccc12)NC(=O)COc1ccccc1C(C)(C)C. The van der Waals surface area contributed by atoms with Crippen LogP contribution < -0.4 is 10.1 Å². The van der Waals surface area contributed by atoms with Gasteiger partial charge < -0.3 is 19.8 Å². The van der Waals surface area contributed by atoms with E-state index in [-0.39, 0.29) is 17.9 Å². The van der Waals surface area contributed by atoms with Crippen molar-refractivity contribution in [3.63, 3.8) is 0 Å². The number of H-pyrrole nitrogens is 1. The number of amides is 1. The lowest BCUT2D eigenvalue weighted by Gasteiger charge is -2.23. The Morgan fingerprint density at radius 3 is 2.50 bits per heavy atom. The third kappa shape index (κ3) is 5.00. The standard InChI is InChI=1S/C24H28N2O4/c1-24(2,3)18-10-6-8-12-21(18)30-15-22(27)26-20(23(28)29-4)13-16-14-25-19-11-7-5-9-17(16)19/h5-12,14,20,25H,13,15H2,1-4H3,(H,26,27)/t20-/m1/s1. The zero-order valence-corrected chi connectivity index (χ0v) is 17.8. The van der Waals surface area contributed by atoms with Crippen molar-refractivity contribution < 1.29 is 19.1 Å². The topological polar surface area (TPSA) is 80.4 Å². The molecule has 30 heavy (non-hydrogen) atoms. The Labute approximate surface area is 176 Å². The number of rotatable bonds is 7. The third-order valence-electron chi connectivity index (χ3n) is 4.97. The number of carbonyl (C=O) groups is 2. The van der Waals surface area contributed by atoms with E-state index >= 15 is 0 Å². The van der Waals surface area contributed by atoms with Crippen LogP contribution in [0.5, 0.6) is 5.75 Å². The lowest BCUT2D eigenvalue weighted by molar-refractivity contribution is -0.145. The van der Waals surface area contributed by atoms with E-state index in [4.69, 9.17) is 9.47 Å². The Morgan fingerprint density at radius 2 is 1.77 bits per heavy atom. The molecule has 1 atom stereocenters. The van der Waals surface area contributed by atoms with Gasteiger partial charge in [-0.05, 0) is 28.7 Å². The van der Waals surface area contributed by atoms with Crippen molar-refractivity contribution in [2.24, 2.45) is 0 Å². The van der Waals surface area contributed by atoms with E-state index in [2.05, 4.69) is 31.1 Å². The van der Waals surface area contributed by atoms with Crippen molar-refractivity contribution >= 4 is 22.8 Å². The number of ether oxygens (including phenoxy) is 2. The van der Waals surface area contributed by atoms with E-state index in [9.17, 15) is 9.59 Å². The Kier molecular flexibility index (Phi) is 6.45. The maximum Gasteiger partial charge on any atom is 0.328 e. The van der Waals surface area contributed by atoms with Crippen molar-refractivity contribution in [1.82, 2.24) is 10.3 Å². The molecule has 0 aliphatic heterocycles. The summed E-state index contributed by atoms with van der Waals surface area (Å²) in [6, 6.07) is 14.7. The molecule has 6 heteroatoms. The molecule has 0 spiro atoms. The molecule has 0 aliphatic rings. The molecule has 158 valence electrons. The van der Waals surface area contributed by atoms with Crippen LogP contribution in [0.3, 0.4) is 0 Å². The Morgan fingerprint density at radius 1 is 1.07 bits per heavy atom. The van der Waals surface area contributed by atoms with E-state index in [1.807, 2.05) is 54.7 Å². The highest BCUT2D eigenvalue weighted by Gasteiger charge is 2.24. The van der Waals surface area contributed by atoms with Gasteiger partial charge in [-0.3, -0.25) is 4.79 Å². The van der Waals surface area contributed by atoms with Crippen LogP contribution in [0.1, 0.15) is 31.9 Å². The monoisotopic (exact) mass is 408 g/mol. The summed E-state index contributed by atoms with van der Waals surface area (Å²) in [7, 11) is 1.31. The Hall–Kier alpha value is -3.28. The predicted octanol–water partition coefficient (Wildman–Crippen LogP) is 3.74. The molecule has 1 amide bonds. The molecule has 0 saturated carbocycles. The fourth-order valence-electron chi connectivity index (χ4n) is 3.45. The number of aromatic nitrogens is 1. The number of nitrogens with one attached hydrogen (secondary N) is 2. The summed E-state index contributed by atoms with van der Waals surface area (Å²) >= 11 is 0. The average Bonchev–Trinajstić information content (AvgIpc) is 3.13. The largest absolute Gasteiger partial charge is 0.483 e. The van der Waals surface area contributed by atoms with E-state index < -0.39 is 12.0 Å². The molecule has 0 bridgehead atoms. The normalized spacial score (nSPS) is 12.4. The van der Waals surface area contributed by atoms with Gasteiger partial charge in [0.25, 0.3) is 5.91 Å². The van der Waals surface area contributed by atoms with Gasteiger partial charge in [-0.25, -0.2) is 4.79 Å². The fraction of sp³-hybridized carbons (Fsp3) is 0.333. The first-order valence-corrected chi connectivity index (χ1v) is 9.94. The van der Waals surface area contributed by atoms with Crippen LogP contribution in [-0.2, 0) is 26.2 Å². The van der Waals surface area contributed by atoms with Crippen molar-refractivity contribution in [2.45, 2.75) is 38.6 Å². The summed E-state index contributed by atoms with van der Waals surface area (Å²) in [6.45, 7) is 6.08.